The standard InChI is InChI=1S/C13H18ClNO2/c1-4-17-12-7-5-11(6-8-12)9-15(3)13(16)10(2)14/h5-8,10H,4,9H2,1-3H3. The minimum absolute atomic E-state index is 0.0689. The summed E-state index contributed by atoms with van der Waals surface area (Å²) in [7, 11) is 1.75. The second-order valence-corrected chi connectivity index (χ2v) is 4.54. The van der Waals surface area contributed by atoms with Gasteiger partial charge in [-0.2, -0.15) is 0 Å². The first-order chi connectivity index (χ1) is 8.04. The van der Waals surface area contributed by atoms with Gasteiger partial charge in [-0.3, -0.25) is 4.79 Å². The molecule has 0 saturated carbocycles. The zero-order chi connectivity index (χ0) is 12.8. The van der Waals surface area contributed by atoms with Crippen LogP contribution >= 0.6 is 11.6 Å². The average Bonchev–Trinajstić information content (AvgIpc) is 2.30. The van der Waals surface area contributed by atoms with Crippen molar-refractivity contribution in [2.45, 2.75) is 25.8 Å². The van der Waals surface area contributed by atoms with Crippen molar-refractivity contribution in [3.05, 3.63) is 29.8 Å². The van der Waals surface area contributed by atoms with E-state index < -0.39 is 5.38 Å². The highest BCUT2D eigenvalue weighted by atomic mass is 35.5. The molecule has 94 valence electrons. The number of ether oxygens (including phenoxy) is 1. The summed E-state index contributed by atoms with van der Waals surface area (Å²) in [5.74, 6) is 0.775. The molecule has 1 unspecified atom stereocenters. The Bertz CT molecular complexity index is 362. The van der Waals surface area contributed by atoms with Crippen molar-refractivity contribution in [3.8, 4) is 5.75 Å². The summed E-state index contributed by atoms with van der Waals surface area (Å²) >= 11 is 5.74. The molecule has 1 amide bonds. The van der Waals surface area contributed by atoms with Gasteiger partial charge < -0.3 is 9.64 Å². The Labute approximate surface area is 107 Å². The molecular weight excluding hydrogens is 238 g/mol. The minimum Gasteiger partial charge on any atom is -0.494 e. The van der Waals surface area contributed by atoms with E-state index in [0.29, 0.717) is 13.2 Å². The number of halogens is 1. The molecule has 1 aromatic rings. The summed E-state index contributed by atoms with van der Waals surface area (Å²) in [5.41, 5.74) is 1.06. The monoisotopic (exact) mass is 255 g/mol. The van der Waals surface area contributed by atoms with E-state index >= 15 is 0 Å². The SMILES string of the molecule is CCOc1ccc(CN(C)C(=O)C(C)Cl)cc1. The third-order valence-electron chi connectivity index (χ3n) is 2.37. The molecule has 0 aliphatic heterocycles. The number of hydrogen-bond donors (Lipinski definition) is 0. The number of alkyl halides is 1. The first kappa shape index (κ1) is 13.8. The Hall–Kier alpha value is -1.22. The smallest absolute Gasteiger partial charge is 0.240 e. The van der Waals surface area contributed by atoms with E-state index in [2.05, 4.69) is 0 Å². The minimum atomic E-state index is -0.484. The van der Waals surface area contributed by atoms with Crippen LogP contribution in [0.5, 0.6) is 5.75 Å². The fraction of sp³-hybridized carbons (Fsp3) is 0.462. The Balaban J connectivity index is 2.60. The predicted molar refractivity (Wildman–Crippen MR) is 69.4 cm³/mol. The van der Waals surface area contributed by atoms with Crippen LogP contribution in [0, 0.1) is 0 Å². The highest BCUT2D eigenvalue weighted by Gasteiger charge is 2.14. The fourth-order valence-electron chi connectivity index (χ4n) is 1.51. The van der Waals surface area contributed by atoms with Gasteiger partial charge in [0.25, 0.3) is 0 Å². The van der Waals surface area contributed by atoms with Crippen molar-refractivity contribution in [1.29, 1.82) is 0 Å². The summed E-state index contributed by atoms with van der Waals surface area (Å²) < 4.78 is 5.35. The molecule has 0 spiro atoms. The number of carbonyl (C=O) groups excluding carboxylic acids is 1. The molecule has 0 radical (unpaired) electrons. The summed E-state index contributed by atoms with van der Waals surface area (Å²) in [6.07, 6.45) is 0. The maximum atomic E-state index is 11.6. The number of nitrogens with zero attached hydrogens (tertiary/aromatic N) is 1. The van der Waals surface area contributed by atoms with Gasteiger partial charge in [0.05, 0.1) is 6.61 Å². The van der Waals surface area contributed by atoms with Crippen LogP contribution in [0.2, 0.25) is 0 Å². The van der Waals surface area contributed by atoms with Crippen LogP contribution in [0.25, 0.3) is 0 Å². The normalized spacial score (nSPS) is 12.0. The van der Waals surface area contributed by atoms with Crippen molar-refractivity contribution in [3.63, 3.8) is 0 Å². The van der Waals surface area contributed by atoms with Gasteiger partial charge in [-0.1, -0.05) is 12.1 Å². The van der Waals surface area contributed by atoms with E-state index in [9.17, 15) is 4.79 Å². The highest BCUT2D eigenvalue weighted by Crippen LogP contribution is 2.14. The Morgan fingerprint density at radius 1 is 1.41 bits per heavy atom. The third-order valence-corrected chi connectivity index (χ3v) is 2.56. The van der Waals surface area contributed by atoms with Gasteiger partial charge >= 0.3 is 0 Å². The highest BCUT2D eigenvalue weighted by molar-refractivity contribution is 6.30. The van der Waals surface area contributed by atoms with E-state index in [1.165, 1.54) is 0 Å². The quantitative estimate of drug-likeness (QED) is 0.757. The molecule has 3 nitrogen and oxygen atoms in total. The number of rotatable bonds is 5. The van der Waals surface area contributed by atoms with Crippen LogP contribution in [0.4, 0.5) is 0 Å². The molecular formula is C13H18ClNO2. The first-order valence-corrected chi connectivity index (χ1v) is 6.09. The lowest BCUT2D eigenvalue weighted by Crippen LogP contribution is -2.31. The lowest BCUT2D eigenvalue weighted by molar-refractivity contribution is -0.129. The zero-order valence-corrected chi connectivity index (χ0v) is 11.2. The van der Waals surface area contributed by atoms with Gasteiger partial charge in [0.2, 0.25) is 5.91 Å². The molecule has 1 aromatic carbocycles. The lowest BCUT2D eigenvalue weighted by atomic mass is 10.2. The summed E-state index contributed by atoms with van der Waals surface area (Å²) in [5, 5.41) is -0.484. The topological polar surface area (TPSA) is 29.5 Å². The maximum absolute atomic E-state index is 11.6. The molecule has 1 rings (SSSR count). The van der Waals surface area contributed by atoms with Gasteiger partial charge in [-0.05, 0) is 31.5 Å². The molecule has 0 aromatic heterocycles. The van der Waals surface area contributed by atoms with Crippen molar-refractivity contribution in [2.24, 2.45) is 0 Å². The van der Waals surface area contributed by atoms with Crippen LogP contribution in [0.15, 0.2) is 24.3 Å². The lowest BCUT2D eigenvalue weighted by Gasteiger charge is -2.18. The van der Waals surface area contributed by atoms with E-state index in [1.807, 2.05) is 31.2 Å². The van der Waals surface area contributed by atoms with Crippen LogP contribution in [-0.4, -0.2) is 29.8 Å². The molecule has 0 saturated heterocycles. The van der Waals surface area contributed by atoms with Gasteiger partial charge in [0.1, 0.15) is 11.1 Å². The second kappa shape index (κ2) is 6.50. The molecule has 0 bridgehead atoms. The zero-order valence-electron chi connectivity index (χ0n) is 10.4. The van der Waals surface area contributed by atoms with Gasteiger partial charge in [0, 0.05) is 13.6 Å². The van der Waals surface area contributed by atoms with Crippen LogP contribution in [0.1, 0.15) is 19.4 Å². The van der Waals surface area contributed by atoms with Crippen molar-refractivity contribution < 1.29 is 9.53 Å². The second-order valence-electron chi connectivity index (χ2n) is 3.89. The summed E-state index contributed by atoms with van der Waals surface area (Å²) in [4.78, 5) is 13.2. The Morgan fingerprint density at radius 3 is 2.47 bits per heavy atom. The fourth-order valence-corrected chi connectivity index (χ4v) is 1.68. The number of amides is 1. The number of carbonyl (C=O) groups is 1. The maximum Gasteiger partial charge on any atom is 0.240 e. The van der Waals surface area contributed by atoms with Crippen molar-refractivity contribution >= 4 is 17.5 Å². The Morgan fingerprint density at radius 2 is 2.00 bits per heavy atom. The molecule has 0 heterocycles. The van der Waals surface area contributed by atoms with Crippen LogP contribution in [-0.2, 0) is 11.3 Å². The molecule has 0 aliphatic carbocycles. The predicted octanol–water partition coefficient (Wildman–Crippen LogP) is 2.67. The van der Waals surface area contributed by atoms with Crippen molar-refractivity contribution in [2.75, 3.05) is 13.7 Å². The van der Waals surface area contributed by atoms with Gasteiger partial charge in [-0.15, -0.1) is 11.6 Å². The van der Waals surface area contributed by atoms with E-state index in [1.54, 1.807) is 18.9 Å². The van der Waals surface area contributed by atoms with Gasteiger partial charge in [-0.25, -0.2) is 0 Å². The first-order valence-electron chi connectivity index (χ1n) is 5.65. The largest absolute Gasteiger partial charge is 0.494 e. The Kier molecular flexibility index (Phi) is 5.29. The third kappa shape index (κ3) is 4.27. The van der Waals surface area contributed by atoms with Crippen LogP contribution < -0.4 is 4.74 Å². The molecule has 4 heteroatoms. The summed E-state index contributed by atoms with van der Waals surface area (Å²) in [6, 6.07) is 7.71. The van der Waals surface area contributed by atoms with E-state index in [-0.39, 0.29) is 5.91 Å². The van der Waals surface area contributed by atoms with Crippen molar-refractivity contribution in [1.82, 2.24) is 4.90 Å². The number of benzene rings is 1. The van der Waals surface area contributed by atoms with Crippen LogP contribution in [0.3, 0.4) is 0 Å². The number of hydrogen-bond acceptors (Lipinski definition) is 2. The molecule has 0 aliphatic rings. The molecule has 17 heavy (non-hydrogen) atoms. The van der Waals surface area contributed by atoms with E-state index in [4.69, 9.17) is 16.3 Å². The molecule has 0 fully saturated rings. The van der Waals surface area contributed by atoms with Gasteiger partial charge in [0.15, 0.2) is 0 Å². The average molecular weight is 256 g/mol. The molecule has 1 atom stereocenters. The molecule has 0 N–H and O–H groups in total. The summed E-state index contributed by atoms with van der Waals surface area (Å²) in [6.45, 7) is 4.84. The van der Waals surface area contributed by atoms with E-state index in [0.717, 1.165) is 11.3 Å².